The molecular weight excluding hydrogens is 308 g/mol. The van der Waals surface area contributed by atoms with Crippen LogP contribution in [0, 0.1) is 0 Å². The Morgan fingerprint density at radius 3 is 2.32 bits per heavy atom. The number of carboxylic acid groups (broad SMARTS) is 1. The minimum absolute atomic E-state index is 0.218. The molecule has 0 radical (unpaired) electrons. The van der Waals surface area contributed by atoms with E-state index in [1.54, 1.807) is 12.1 Å². The van der Waals surface area contributed by atoms with Crippen molar-refractivity contribution in [3.63, 3.8) is 0 Å². The van der Waals surface area contributed by atoms with Crippen LogP contribution in [0.3, 0.4) is 0 Å². The summed E-state index contributed by atoms with van der Waals surface area (Å²) >= 11 is 3.30. The molecule has 3 nitrogen and oxygen atoms in total. The second-order valence-corrected chi connectivity index (χ2v) is 4.57. The molecule has 0 aromatic heterocycles. The number of rotatable bonds is 4. The Labute approximate surface area is 119 Å². The molecule has 0 atom stereocenters. The number of carbonyl (C=O) groups excluding carboxylic acids is 1. The number of carboxylic acids is 1. The molecule has 19 heavy (non-hydrogen) atoms. The molecule has 0 aliphatic rings. The Balaban J connectivity index is 2.61. The van der Waals surface area contributed by atoms with E-state index in [4.69, 9.17) is 5.11 Å². The SMILES string of the molecule is O=C(O)C(=O)c1cc(CBr)ccc1-c1ccccc1. The van der Waals surface area contributed by atoms with Gasteiger partial charge in [0, 0.05) is 10.9 Å². The van der Waals surface area contributed by atoms with Crippen molar-refractivity contribution in [2.24, 2.45) is 0 Å². The second-order valence-electron chi connectivity index (χ2n) is 4.01. The summed E-state index contributed by atoms with van der Waals surface area (Å²) in [5.74, 6) is -2.33. The maximum atomic E-state index is 11.8. The van der Waals surface area contributed by atoms with E-state index in [1.165, 1.54) is 0 Å². The molecule has 0 aliphatic carbocycles. The van der Waals surface area contributed by atoms with Gasteiger partial charge >= 0.3 is 5.97 Å². The molecule has 0 aliphatic heterocycles. The molecule has 0 saturated heterocycles. The van der Waals surface area contributed by atoms with Gasteiger partial charge in [0.05, 0.1) is 0 Å². The van der Waals surface area contributed by atoms with Gasteiger partial charge in [-0.05, 0) is 22.8 Å². The first-order chi connectivity index (χ1) is 9.13. The van der Waals surface area contributed by atoms with E-state index in [9.17, 15) is 9.59 Å². The van der Waals surface area contributed by atoms with Crippen molar-refractivity contribution in [2.75, 3.05) is 0 Å². The number of Topliss-reactive ketones (excluding diaryl/α,β-unsaturated/α-hetero) is 1. The van der Waals surface area contributed by atoms with E-state index in [0.29, 0.717) is 10.9 Å². The van der Waals surface area contributed by atoms with Gasteiger partial charge in [-0.15, -0.1) is 0 Å². The standard InChI is InChI=1S/C15H11BrO3/c16-9-10-6-7-12(11-4-2-1-3-5-11)13(8-10)14(17)15(18)19/h1-8H,9H2,(H,18,19). The van der Waals surface area contributed by atoms with Crippen LogP contribution >= 0.6 is 15.9 Å². The lowest BCUT2D eigenvalue weighted by atomic mass is 9.95. The van der Waals surface area contributed by atoms with Crippen LogP contribution in [-0.2, 0) is 10.1 Å². The van der Waals surface area contributed by atoms with Crippen molar-refractivity contribution in [1.29, 1.82) is 0 Å². The van der Waals surface area contributed by atoms with Crippen LogP contribution in [0.15, 0.2) is 48.5 Å². The van der Waals surface area contributed by atoms with E-state index < -0.39 is 11.8 Å². The monoisotopic (exact) mass is 318 g/mol. The third-order valence-corrected chi connectivity index (χ3v) is 3.41. The van der Waals surface area contributed by atoms with E-state index in [0.717, 1.165) is 11.1 Å². The van der Waals surface area contributed by atoms with Crippen molar-refractivity contribution in [3.8, 4) is 11.1 Å². The Morgan fingerprint density at radius 1 is 1.05 bits per heavy atom. The van der Waals surface area contributed by atoms with Crippen molar-refractivity contribution in [2.45, 2.75) is 5.33 Å². The zero-order chi connectivity index (χ0) is 13.8. The first-order valence-electron chi connectivity index (χ1n) is 5.65. The third-order valence-electron chi connectivity index (χ3n) is 2.76. The molecule has 0 amide bonds. The Morgan fingerprint density at radius 2 is 1.74 bits per heavy atom. The fraction of sp³-hybridized carbons (Fsp3) is 0.0667. The molecule has 1 N–H and O–H groups in total. The van der Waals surface area contributed by atoms with Gasteiger partial charge in [0.15, 0.2) is 0 Å². The Kier molecular flexibility index (Phi) is 4.12. The summed E-state index contributed by atoms with van der Waals surface area (Å²) in [4.78, 5) is 22.7. The highest BCUT2D eigenvalue weighted by molar-refractivity contribution is 9.08. The maximum Gasteiger partial charge on any atom is 0.377 e. The number of alkyl halides is 1. The van der Waals surface area contributed by atoms with Crippen LogP contribution in [0.4, 0.5) is 0 Å². The number of ketones is 1. The molecule has 96 valence electrons. The highest BCUT2D eigenvalue weighted by atomic mass is 79.9. The maximum absolute atomic E-state index is 11.8. The predicted molar refractivity (Wildman–Crippen MR) is 76.5 cm³/mol. The van der Waals surface area contributed by atoms with Gasteiger partial charge < -0.3 is 5.11 Å². The molecule has 2 aromatic rings. The van der Waals surface area contributed by atoms with Gasteiger partial charge in [-0.3, -0.25) is 4.79 Å². The zero-order valence-corrected chi connectivity index (χ0v) is 11.6. The molecule has 2 aromatic carbocycles. The van der Waals surface area contributed by atoms with Gasteiger partial charge in [-0.2, -0.15) is 0 Å². The van der Waals surface area contributed by atoms with E-state index >= 15 is 0 Å². The van der Waals surface area contributed by atoms with E-state index in [-0.39, 0.29) is 5.56 Å². The van der Waals surface area contributed by atoms with Crippen molar-refractivity contribution in [1.82, 2.24) is 0 Å². The lowest BCUT2D eigenvalue weighted by Gasteiger charge is -2.09. The predicted octanol–water partition coefficient (Wildman–Crippen LogP) is 3.52. The summed E-state index contributed by atoms with van der Waals surface area (Å²) in [5, 5.41) is 9.48. The molecule has 0 fully saturated rings. The first-order valence-corrected chi connectivity index (χ1v) is 6.77. The molecule has 0 spiro atoms. The van der Waals surface area contributed by atoms with Gasteiger partial charge in [-0.1, -0.05) is 58.4 Å². The number of benzene rings is 2. The largest absolute Gasteiger partial charge is 0.475 e. The summed E-state index contributed by atoms with van der Waals surface area (Å²) in [5.41, 5.74) is 2.55. The summed E-state index contributed by atoms with van der Waals surface area (Å²) < 4.78 is 0. The summed E-state index contributed by atoms with van der Waals surface area (Å²) in [6, 6.07) is 14.5. The summed E-state index contributed by atoms with van der Waals surface area (Å²) in [6.45, 7) is 0. The van der Waals surface area contributed by atoms with Gasteiger partial charge in [-0.25, -0.2) is 4.79 Å². The number of hydrogen-bond acceptors (Lipinski definition) is 2. The van der Waals surface area contributed by atoms with Crippen LogP contribution in [0.1, 0.15) is 15.9 Å². The van der Waals surface area contributed by atoms with Crippen LogP contribution in [0.25, 0.3) is 11.1 Å². The highest BCUT2D eigenvalue weighted by Crippen LogP contribution is 2.26. The van der Waals surface area contributed by atoms with Crippen LogP contribution in [0.5, 0.6) is 0 Å². The lowest BCUT2D eigenvalue weighted by Crippen LogP contribution is -2.14. The molecule has 0 bridgehead atoms. The average Bonchev–Trinajstić information content (AvgIpc) is 2.46. The number of hydrogen-bond donors (Lipinski definition) is 1. The normalized spacial score (nSPS) is 10.2. The van der Waals surface area contributed by atoms with Gasteiger partial charge in [0.1, 0.15) is 0 Å². The minimum atomic E-state index is -1.44. The van der Waals surface area contributed by atoms with E-state index in [2.05, 4.69) is 15.9 Å². The quantitative estimate of drug-likeness (QED) is 0.533. The third kappa shape index (κ3) is 2.90. The Hall–Kier alpha value is -1.94. The zero-order valence-electron chi connectivity index (χ0n) is 9.97. The smallest absolute Gasteiger partial charge is 0.377 e. The number of halogens is 1. The molecule has 0 heterocycles. The molecule has 2 rings (SSSR count). The average molecular weight is 319 g/mol. The highest BCUT2D eigenvalue weighted by Gasteiger charge is 2.19. The number of carbonyl (C=O) groups is 2. The minimum Gasteiger partial charge on any atom is -0.475 e. The molecule has 4 heteroatoms. The van der Waals surface area contributed by atoms with Crippen LogP contribution in [0.2, 0.25) is 0 Å². The fourth-order valence-electron chi connectivity index (χ4n) is 1.85. The second kappa shape index (κ2) is 5.80. The number of aliphatic carboxylic acids is 1. The van der Waals surface area contributed by atoms with Crippen molar-refractivity contribution >= 4 is 27.7 Å². The van der Waals surface area contributed by atoms with Crippen molar-refractivity contribution < 1.29 is 14.7 Å². The topological polar surface area (TPSA) is 54.4 Å². The van der Waals surface area contributed by atoms with Crippen LogP contribution < -0.4 is 0 Å². The summed E-state index contributed by atoms with van der Waals surface area (Å²) in [7, 11) is 0. The molecular formula is C15H11BrO3. The van der Waals surface area contributed by atoms with Crippen LogP contribution in [-0.4, -0.2) is 16.9 Å². The van der Waals surface area contributed by atoms with Crippen molar-refractivity contribution in [3.05, 3.63) is 59.7 Å². The molecule has 0 unspecified atom stereocenters. The van der Waals surface area contributed by atoms with Gasteiger partial charge in [0.2, 0.25) is 0 Å². The van der Waals surface area contributed by atoms with Gasteiger partial charge in [0.25, 0.3) is 5.78 Å². The Bertz CT molecular complexity index is 621. The summed E-state index contributed by atoms with van der Waals surface area (Å²) in [6.07, 6.45) is 0. The first kappa shape index (κ1) is 13.5. The fourth-order valence-corrected chi connectivity index (χ4v) is 2.20. The molecule has 0 saturated carbocycles. The van der Waals surface area contributed by atoms with E-state index in [1.807, 2.05) is 36.4 Å². The lowest BCUT2D eigenvalue weighted by molar-refractivity contribution is -0.131.